The Labute approximate surface area is 165 Å². The number of nitrogens with zero attached hydrogens (tertiary/aromatic N) is 1. The Morgan fingerprint density at radius 1 is 1.21 bits per heavy atom. The number of rotatable bonds is 6. The highest BCUT2D eigenvalue weighted by atomic mass is 32.1. The maximum absolute atomic E-state index is 14.4. The molecule has 28 heavy (non-hydrogen) atoms. The van der Waals surface area contributed by atoms with Gasteiger partial charge >= 0.3 is 0 Å². The van der Waals surface area contributed by atoms with Gasteiger partial charge in [-0.15, -0.1) is 11.3 Å². The van der Waals surface area contributed by atoms with Gasteiger partial charge in [-0.05, 0) is 66.8 Å². The fourth-order valence-corrected chi connectivity index (χ4v) is 3.44. The van der Waals surface area contributed by atoms with E-state index in [0.29, 0.717) is 28.3 Å². The number of hydrogen-bond donors (Lipinski definition) is 1. The Morgan fingerprint density at radius 3 is 2.71 bits per heavy atom. The number of nitrogens with one attached hydrogen (secondary N) is 1. The van der Waals surface area contributed by atoms with Crippen molar-refractivity contribution in [3.05, 3.63) is 75.5 Å². The number of halogens is 2. The molecule has 1 heterocycles. The van der Waals surface area contributed by atoms with E-state index in [9.17, 15) is 13.6 Å². The zero-order valence-corrected chi connectivity index (χ0v) is 16.1. The van der Waals surface area contributed by atoms with Crippen LogP contribution in [0.25, 0.3) is 11.1 Å². The third-order valence-corrected chi connectivity index (χ3v) is 5.02. The molecule has 0 fully saturated rings. The van der Waals surface area contributed by atoms with E-state index in [2.05, 4.69) is 10.5 Å². The first-order chi connectivity index (χ1) is 13.5. The van der Waals surface area contributed by atoms with Crippen molar-refractivity contribution in [1.29, 1.82) is 0 Å². The van der Waals surface area contributed by atoms with Crippen molar-refractivity contribution in [3.63, 3.8) is 0 Å². The molecule has 0 radical (unpaired) electrons. The molecule has 2 aromatic carbocycles. The minimum atomic E-state index is -0.531. The van der Waals surface area contributed by atoms with E-state index in [1.165, 1.54) is 47.9 Å². The van der Waals surface area contributed by atoms with Crippen molar-refractivity contribution >= 4 is 29.1 Å². The average Bonchev–Trinajstić information content (AvgIpc) is 3.10. The summed E-state index contributed by atoms with van der Waals surface area (Å²) in [5, 5.41) is 8.27. The molecule has 1 amide bonds. The van der Waals surface area contributed by atoms with E-state index >= 15 is 0 Å². The first kappa shape index (κ1) is 19.7. The summed E-state index contributed by atoms with van der Waals surface area (Å²) < 4.78 is 28.3. The van der Waals surface area contributed by atoms with Crippen LogP contribution in [0.1, 0.15) is 27.7 Å². The molecule has 0 aliphatic carbocycles. The zero-order chi connectivity index (χ0) is 20.1. The number of amides is 1. The van der Waals surface area contributed by atoms with E-state index in [0.717, 1.165) is 5.56 Å². The molecule has 3 rings (SSSR count). The summed E-state index contributed by atoms with van der Waals surface area (Å²) in [5.74, 6) is -1.31. The normalized spacial score (nSPS) is 11.0. The van der Waals surface area contributed by atoms with Gasteiger partial charge in [-0.1, -0.05) is 11.2 Å². The molecular weight excluding hydrogens is 382 g/mol. The zero-order valence-electron chi connectivity index (χ0n) is 15.3. The van der Waals surface area contributed by atoms with E-state index in [-0.39, 0.29) is 11.5 Å². The molecule has 0 saturated heterocycles. The lowest BCUT2D eigenvalue weighted by atomic mass is 10.0. The van der Waals surface area contributed by atoms with Crippen LogP contribution >= 0.6 is 11.3 Å². The number of carbonyl (C=O) groups excluding carboxylic acids is 1. The van der Waals surface area contributed by atoms with Crippen LogP contribution in [0.15, 0.2) is 53.0 Å². The number of thiophene rings is 1. The Hall–Kier alpha value is -3.06. The smallest absolute Gasteiger partial charge is 0.266 e. The SMILES string of the molecule is CCON=Cc1ccc(-c2cc(F)ccc2NC(=O)c2sccc2C)cc1F. The minimum Gasteiger partial charge on any atom is -0.396 e. The monoisotopic (exact) mass is 400 g/mol. The first-order valence-corrected chi connectivity index (χ1v) is 9.47. The van der Waals surface area contributed by atoms with Crippen molar-refractivity contribution in [2.45, 2.75) is 13.8 Å². The van der Waals surface area contributed by atoms with Crippen LogP contribution < -0.4 is 5.32 Å². The standard InChI is InChI=1S/C21H18F2N2O2S/c1-3-27-24-12-15-5-4-14(10-18(15)23)17-11-16(22)6-7-19(17)25-21(26)20-13(2)8-9-28-20/h4-12H,3H2,1-2H3,(H,25,26). The maximum Gasteiger partial charge on any atom is 0.266 e. The molecule has 144 valence electrons. The molecule has 0 unspecified atom stereocenters. The summed E-state index contributed by atoms with van der Waals surface area (Å²) in [7, 11) is 0. The summed E-state index contributed by atoms with van der Waals surface area (Å²) in [6.45, 7) is 4.00. The molecule has 4 nitrogen and oxygen atoms in total. The highest BCUT2D eigenvalue weighted by Crippen LogP contribution is 2.31. The van der Waals surface area contributed by atoms with Crippen LogP contribution in [0.4, 0.5) is 14.5 Å². The lowest BCUT2D eigenvalue weighted by Crippen LogP contribution is -2.12. The van der Waals surface area contributed by atoms with Crippen molar-refractivity contribution in [2.24, 2.45) is 5.16 Å². The third kappa shape index (κ3) is 4.43. The average molecular weight is 400 g/mol. The molecule has 3 aromatic rings. The molecule has 1 N–H and O–H groups in total. The van der Waals surface area contributed by atoms with Gasteiger partial charge in [0.1, 0.15) is 18.2 Å². The molecule has 0 saturated carbocycles. The summed E-state index contributed by atoms with van der Waals surface area (Å²) in [6, 6.07) is 10.3. The predicted molar refractivity (Wildman–Crippen MR) is 108 cm³/mol. The fourth-order valence-electron chi connectivity index (χ4n) is 2.62. The molecular formula is C21H18F2N2O2S. The van der Waals surface area contributed by atoms with Crippen LogP contribution in [-0.4, -0.2) is 18.7 Å². The number of anilines is 1. The number of oxime groups is 1. The summed E-state index contributed by atoms with van der Waals surface area (Å²) in [5.41, 5.74) is 2.32. The number of aryl methyl sites for hydroxylation is 1. The quantitative estimate of drug-likeness (QED) is 0.431. The van der Waals surface area contributed by atoms with Crippen LogP contribution in [0.5, 0.6) is 0 Å². The van der Waals surface area contributed by atoms with Gasteiger partial charge in [-0.2, -0.15) is 0 Å². The molecule has 0 spiro atoms. The molecule has 1 aromatic heterocycles. The van der Waals surface area contributed by atoms with Gasteiger partial charge in [0.15, 0.2) is 0 Å². The van der Waals surface area contributed by atoms with E-state index < -0.39 is 11.6 Å². The van der Waals surface area contributed by atoms with Crippen LogP contribution in [0.2, 0.25) is 0 Å². The van der Waals surface area contributed by atoms with Crippen LogP contribution in [0, 0.1) is 18.6 Å². The number of hydrogen-bond acceptors (Lipinski definition) is 4. The summed E-state index contributed by atoms with van der Waals surface area (Å²) in [4.78, 5) is 17.9. The van der Waals surface area contributed by atoms with Crippen LogP contribution in [0.3, 0.4) is 0 Å². The van der Waals surface area contributed by atoms with Crippen molar-refractivity contribution in [3.8, 4) is 11.1 Å². The van der Waals surface area contributed by atoms with E-state index in [4.69, 9.17) is 4.84 Å². The molecule has 0 atom stereocenters. The number of carbonyl (C=O) groups is 1. The minimum absolute atomic E-state index is 0.244. The van der Waals surface area contributed by atoms with Gasteiger partial charge in [0, 0.05) is 16.8 Å². The van der Waals surface area contributed by atoms with Gasteiger partial charge < -0.3 is 10.2 Å². The third-order valence-electron chi connectivity index (χ3n) is 4.01. The Kier molecular flexibility index (Phi) is 6.16. The molecule has 0 bridgehead atoms. The Morgan fingerprint density at radius 2 is 2.04 bits per heavy atom. The highest BCUT2D eigenvalue weighted by molar-refractivity contribution is 7.12. The van der Waals surface area contributed by atoms with Crippen LogP contribution in [-0.2, 0) is 4.84 Å². The number of benzene rings is 2. The summed E-state index contributed by atoms with van der Waals surface area (Å²) in [6.07, 6.45) is 1.27. The Balaban J connectivity index is 1.94. The molecule has 0 aliphatic heterocycles. The van der Waals surface area contributed by atoms with E-state index in [1.54, 1.807) is 13.0 Å². The first-order valence-electron chi connectivity index (χ1n) is 8.60. The maximum atomic E-state index is 14.4. The second-order valence-corrected chi connectivity index (χ2v) is 6.88. The predicted octanol–water partition coefficient (Wildman–Crippen LogP) is 5.62. The van der Waals surface area contributed by atoms with Gasteiger partial charge in [-0.3, -0.25) is 4.79 Å². The van der Waals surface area contributed by atoms with Gasteiger partial charge in [0.2, 0.25) is 0 Å². The van der Waals surface area contributed by atoms with Gasteiger partial charge in [-0.25, -0.2) is 8.78 Å². The van der Waals surface area contributed by atoms with Crippen molar-refractivity contribution in [1.82, 2.24) is 0 Å². The largest absolute Gasteiger partial charge is 0.396 e. The van der Waals surface area contributed by atoms with E-state index in [1.807, 2.05) is 18.4 Å². The topological polar surface area (TPSA) is 50.7 Å². The van der Waals surface area contributed by atoms with Crippen molar-refractivity contribution < 1.29 is 18.4 Å². The van der Waals surface area contributed by atoms with Gasteiger partial charge in [0.05, 0.1) is 11.1 Å². The fraction of sp³-hybridized carbons (Fsp3) is 0.143. The lowest BCUT2D eigenvalue weighted by Gasteiger charge is -2.12. The summed E-state index contributed by atoms with van der Waals surface area (Å²) >= 11 is 1.32. The Bertz CT molecular complexity index is 1030. The van der Waals surface area contributed by atoms with Gasteiger partial charge in [0.25, 0.3) is 5.91 Å². The second kappa shape index (κ2) is 8.75. The second-order valence-electron chi connectivity index (χ2n) is 5.97. The molecule has 0 aliphatic rings. The molecule has 7 heteroatoms. The van der Waals surface area contributed by atoms with Crippen molar-refractivity contribution in [2.75, 3.05) is 11.9 Å². The highest BCUT2D eigenvalue weighted by Gasteiger charge is 2.15. The lowest BCUT2D eigenvalue weighted by molar-refractivity contribution is 0.103.